The van der Waals surface area contributed by atoms with Crippen LogP contribution >= 0.6 is 22.6 Å². The summed E-state index contributed by atoms with van der Waals surface area (Å²) in [5.74, 6) is 1.07. The number of hydrogen-bond acceptors (Lipinski definition) is 2. The zero-order chi connectivity index (χ0) is 28.6. The number of fused-ring (bicyclic) bond motifs is 1. The number of aliphatic imine (C=N–C) groups is 1. The molecule has 5 aliphatic rings. The van der Waals surface area contributed by atoms with Crippen LogP contribution in [0.25, 0.3) is 0 Å². The molecule has 0 aromatic heterocycles. The first-order valence-electron chi connectivity index (χ1n) is 14.9. The molecule has 5 rings (SSSR count). The van der Waals surface area contributed by atoms with Gasteiger partial charge in [-0.1, -0.05) is 85.1 Å². The van der Waals surface area contributed by atoms with Crippen LogP contribution in [0.5, 0.6) is 0 Å². The molecule has 4 aliphatic carbocycles. The molecule has 41 heavy (non-hydrogen) atoms. The van der Waals surface area contributed by atoms with E-state index in [0.29, 0.717) is 11.8 Å². The molecule has 0 radical (unpaired) electrons. The average molecular weight is 653 g/mol. The second kappa shape index (κ2) is 14.1. The third-order valence-electron chi connectivity index (χ3n) is 8.31. The lowest BCUT2D eigenvalue weighted by molar-refractivity contribution is 0.708. The highest BCUT2D eigenvalue weighted by Crippen LogP contribution is 2.38. The molecule has 0 fully saturated rings. The van der Waals surface area contributed by atoms with Crippen molar-refractivity contribution >= 4 is 28.3 Å². The Morgan fingerprint density at radius 3 is 2.76 bits per heavy atom. The summed E-state index contributed by atoms with van der Waals surface area (Å²) in [5, 5.41) is 3.32. The van der Waals surface area contributed by atoms with Crippen molar-refractivity contribution in [2.75, 3.05) is 0 Å². The molecule has 0 saturated heterocycles. The first-order chi connectivity index (χ1) is 20.0. The molecule has 0 saturated carbocycles. The van der Waals surface area contributed by atoms with Gasteiger partial charge in [-0.05, 0) is 118 Å². The maximum Gasteiger partial charge on any atom is 0.0709 e. The summed E-state index contributed by atoms with van der Waals surface area (Å²) in [4.78, 5) is 5.12. The first-order valence-corrected chi connectivity index (χ1v) is 16.0. The highest BCUT2D eigenvalue weighted by Gasteiger charge is 2.24. The summed E-state index contributed by atoms with van der Waals surface area (Å²) in [7, 11) is 0. The van der Waals surface area contributed by atoms with Crippen LogP contribution in [-0.2, 0) is 0 Å². The van der Waals surface area contributed by atoms with Crippen molar-refractivity contribution in [1.82, 2.24) is 5.32 Å². The van der Waals surface area contributed by atoms with Crippen molar-refractivity contribution < 1.29 is 0 Å². The van der Waals surface area contributed by atoms with E-state index in [-0.39, 0.29) is 5.92 Å². The summed E-state index contributed by atoms with van der Waals surface area (Å²) in [6.07, 6.45) is 43.5. The maximum absolute atomic E-state index is 5.12. The third-order valence-corrected chi connectivity index (χ3v) is 8.62. The molecule has 0 amide bonds. The van der Waals surface area contributed by atoms with Crippen LogP contribution in [-0.4, -0.2) is 5.71 Å². The number of rotatable bonds is 9. The number of allylic oxidation sites excluding steroid dienone is 21. The van der Waals surface area contributed by atoms with Crippen LogP contribution in [0.15, 0.2) is 158 Å². The lowest BCUT2D eigenvalue weighted by atomic mass is 9.78. The maximum atomic E-state index is 5.12. The Morgan fingerprint density at radius 2 is 2.00 bits per heavy atom. The Balaban J connectivity index is 1.26. The van der Waals surface area contributed by atoms with Gasteiger partial charge in [-0.3, -0.25) is 4.99 Å². The van der Waals surface area contributed by atoms with Gasteiger partial charge in [0.05, 0.1) is 5.71 Å². The standard InChI is InChI=1S/C38H41IN2/c1-4-5-9-29-10-6-12-35(25-29)31-17-15-30(16-18-31)28(3)41-38(24-27(2)39)34-21-19-33(20-22-34)36-14-7-11-32-13-8-23-40-26-37(32)36/h4,6,8,10,13-15,17-19,21-26,30,33,35,40H,1,3,5,7,9,11-12,16,20H2,2H3/b27-24+,41-38+. The molecule has 1 N–H and O–H groups in total. The van der Waals surface area contributed by atoms with Gasteiger partial charge in [0.25, 0.3) is 0 Å². The van der Waals surface area contributed by atoms with Crippen molar-refractivity contribution in [3.05, 3.63) is 153 Å². The second-order valence-corrected chi connectivity index (χ2v) is 13.0. The van der Waals surface area contributed by atoms with Crippen LogP contribution in [0.1, 0.15) is 51.9 Å². The molecule has 3 heteroatoms. The molecule has 2 nitrogen and oxygen atoms in total. The Hall–Kier alpha value is -3.18. The summed E-state index contributed by atoms with van der Waals surface area (Å²) in [6, 6.07) is 0. The predicted octanol–water partition coefficient (Wildman–Crippen LogP) is 10.4. The van der Waals surface area contributed by atoms with Gasteiger partial charge >= 0.3 is 0 Å². The normalized spacial score (nSPS) is 26.0. The Bertz CT molecular complexity index is 1440. The number of nitrogens with one attached hydrogen (secondary N) is 1. The molecule has 0 spiro atoms. The van der Waals surface area contributed by atoms with Crippen LogP contribution in [0.4, 0.5) is 0 Å². The fourth-order valence-electron chi connectivity index (χ4n) is 6.09. The van der Waals surface area contributed by atoms with E-state index in [1.807, 2.05) is 12.3 Å². The zero-order valence-corrected chi connectivity index (χ0v) is 26.3. The highest BCUT2D eigenvalue weighted by atomic mass is 127. The first kappa shape index (κ1) is 29.3. The predicted molar refractivity (Wildman–Crippen MR) is 186 cm³/mol. The molecule has 3 unspecified atom stereocenters. The van der Waals surface area contributed by atoms with E-state index in [2.05, 4.69) is 133 Å². The minimum Gasteiger partial charge on any atom is -0.367 e. The summed E-state index contributed by atoms with van der Waals surface area (Å²) < 4.78 is 1.21. The van der Waals surface area contributed by atoms with E-state index in [4.69, 9.17) is 4.99 Å². The summed E-state index contributed by atoms with van der Waals surface area (Å²) in [6.45, 7) is 10.4. The Kier molecular flexibility index (Phi) is 10.1. The van der Waals surface area contributed by atoms with E-state index in [1.165, 1.54) is 37.0 Å². The zero-order valence-electron chi connectivity index (χ0n) is 24.2. The Labute approximate surface area is 260 Å². The number of halogens is 1. The molecule has 1 aliphatic heterocycles. The van der Waals surface area contributed by atoms with E-state index >= 15 is 0 Å². The second-order valence-electron chi connectivity index (χ2n) is 11.3. The molecule has 0 aromatic carbocycles. The SMILES string of the molecule is C=CCCC1=CC(C2=CCC(C(=C)/N=C(\C=C(/C)I)C3=CCC(C4=CCCC5=CC=CNC=C54)C=C3)C=C2)CC=C1. The van der Waals surface area contributed by atoms with Crippen molar-refractivity contribution in [2.24, 2.45) is 22.7 Å². The van der Waals surface area contributed by atoms with Gasteiger partial charge < -0.3 is 5.32 Å². The third kappa shape index (κ3) is 7.56. The summed E-state index contributed by atoms with van der Waals surface area (Å²) in [5.41, 5.74) is 10.2. The van der Waals surface area contributed by atoms with Gasteiger partial charge in [-0.2, -0.15) is 0 Å². The van der Waals surface area contributed by atoms with Crippen molar-refractivity contribution in [2.45, 2.75) is 51.9 Å². The van der Waals surface area contributed by atoms with Gasteiger partial charge in [-0.25, -0.2) is 0 Å². The average Bonchev–Trinajstić information content (AvgIpc) is 3.26. The van der Waals surface area contributed by atoms with Gasteiger partial charge in [0.2, 0.25) is 0 Å². The smallest absolute Gasteiger partial charge is 0.0709 e. The van der Waals surface area contributed by atoms with Gasteiger partial charge in [0.1, 0.15) is 0 Å². The molecule has 0 aromatic rings. The van der Waals surface area contributed by atoms with Crippen LogP contribution in [0.2, 0.25) is 0 Å². The van der Waals surface area contributed by atoms with E-state index in [1.54, 1.807) is 0 Å². The van der Waals surface area contributed by atoms with Gasteiger partial charge in [-0.15, -0.1) is 6.58 Å². The molecule has 3 atom stereocenters. The highest BCUT2D eigenvalue weighted by molar-refractivity contribution is 14.1. The largest absolute Gasteiger partial charge is 0.367 e. The van der Waals surface area contributed by atoms with Crippen LogP contribution < -0.4 is 5.32 Å². The lowest BCUT2D eigenvalue weighted by Crippen LogP contribution is -2.14. The van der Waals surface area contributed by atoms with E-state index in [0.717, 1.165) is 56.4 Å². The fourth-order valence-corrected chi connectivity index (χ4v) is 6.38. The molecular formula is C38H41IN2. The molecular weight excluding hydrogens is 611 g/mol. The van der Waals surface area contributed by atoms with E-state index < -0.39 is 0 Å². The molecule has 0 bridgehead atoms. The van der Waals surface area contributed by atoms with E-state index in [9.17, 15) is 0 Å². The van der Waals surface area contributed by atoms with Crippen LogP contribution in [0, 0.1) is 17.8 Å². The van der Waals surface area contributed by atoms with Crippen molar-refractivity contribution in [3.8, 4) is 0 Å². The molecule has 1 heterocycles. The monoisotopic (exact) mass is 652 g/mol. The van der Waals surface area contributed by atoms with Gasteiger partial charge in [0, 0.05) is 35.9 Å². The number of hydrogen-bond donors (Lipinski definition) is 1. The fraction of sp³-hybridized carbons (Fsp3) is 0.289. The van der Waals surface area contributed by atoms with Gasteiger partial charge in [0.15, 0.2) is 0 Å². The van der Waals surface area contributed by atoms with Crippen LogP contribution in [0.3, 0.4) is 0 Å². The van der Waals surface area contributed by atoms with Crippen molar-refractivity contribution in [3.63, 3.8) is 0 Å². The lowest BCUT2D eigenvalue weighted by Gasteiger charge is -2.26. The number of nitrogens with zero attached hydrogens (tertiary/aromatic N) is 1. The van der Waals surface area contributed by atoms with Crippen molar-refractivity contribution in [1.29, 1.82) is 0 Å². The minimum atomic E-state index is 0.224. The Morgan fingerprint density at radius 1 is 1.10 bits per heavy atom. The quantitative estimate of drug-likeness (QED) is 0.150. The summed E-state index contributed by atoms with van der Waals surface area (Å²) >= 11 is 2.38. The topological polar surface area (TPSA) is 24.4 Å². The molecule has 210 valence electrons. The minimum absolute atomic E-state index is 0.224.